The maximum absolute atomic E-state index is 12.6. The standard InChI is InChI=1S/C16H23N5O2/c1-4-14-17-7-9-21(14)13-6-5-8-20(10-13)16(22)18-15-11(2)19-23-12(15)3/h7,9,13H,4-6,8,10H2,1-3H3,(H,18,22). The number of anilines is 1. The molecule has 0 spiro atoms. The number of hydrogen-bond acceptors (Lipinski definition) is 4. The minimum absolute atomic E-state index is 0.0951. The molecule has 0 aromatic carbocycles. The van der Waals surface area contributed by atoms with Gasteiger partial charge in [-0.25, -0.2) is 9.78 Å². The Morgan fingerprint density at radius 2 is 2.30 bits per heavy atom. The number of hydrogen-bond donors (Lipinski definition) is 1. The fourth-order valence-electron chi connectivity index (χ4n) is 3.16. The molecule has 1 aliphatic rings. The minimum Gasteiger partial charge on any atom is -0.359 e. The Labute approximate surface area is 135 Å². The molecule has 1 aliphatic heterocycles. The van der Waals surface area contributed by atoms with E-state index in [0.717, 1.165) is 31.6 Å². The van der Waals surface area contributed by atoms with E-state index in [1.54, 1.807) is 6.92 Å². The first-order valence-corrected chi connectivity index (χ1v) is 8.10. The molecule has 1 fully saturated rings. The Balaban J connectivity index is 1.70. The average molecular weight is 317 g/mol. The van der Waals surface area contributed by atoms with Crippen LogP contribution in [0.25, 0.3) is 0 Å². The third-order valence-electron chi connectivity index (χ3n) is 4.41. The second-order valence-corrected chi connectivity index (χ2v) is 5.98. The van der Waals surface area contributed by atoms with Gasteiger partial charge >= 0.3 is 6.03 Å². The van der Waals surface area contributed by atoms with Crippen molar-refractivity contribution in [3.05, 3.63) is 29.7 Å². The van der Waals surface area contributed by atoms with E-state index in [0.29, 0.717) is 23.7 Å². The highest BCUT2D eigenvalue weighted by molar-refractivity contribution is 5.90. The highest BCUT2D eigenvalue weighted by Gasteiger charge is 2.26. The van der Waals surface area contributed by atoms with Crippen molar-refractivity contribution in [3.8, 4) is 0 Å². The number of aromatic nitrogens is 3. The van der Waals surface area contributed by atoms with Crippen molar-refractivity contribution < 1.29 is 9.32 Å². The fraction of sp³-hybridized carbons (Fsp3) is 0.562. The first kappa shape index (κ1) is 15.6. The molecule has 2 aromatic heterocycles. The number of piperidine rings is 1. The summed E-state index contributed by atoms with van der Waals surface area (Å²) in [5, 5.41) is 6.80. The zero-order valence-electron chi connectivity index (χ0n) is 13.9. The van der Waals surface area contributed by atoms with Crippen molar-refractivity contribution in [3.63, 3.8) is 0 Å². The van der Waals surface area contributed by atoms with Crippen LogP contribution in [0.2, 0.25) is 0 Å². The van der Waals surface area contributed by atoms with E-state index in [-0.39, 0.29) is 12.1 Å². The summed E-state index contributed by atoms with van der Waals surface area (Å²) >= 11 is 0. The van der Waals surface area contributed by atoms with Crippen LogP contribution in [-0.4, -0.2) is 38.7 Å². The molecule has 3 heterocycles. The summed E-state index contributed by atoms with van der Waals surface area (Å²) in [4.78, 5) is 18.8. The molecule has 7 nitrogen and oxygen atoms in total. The van der Waals surface area contributed by atoms with Gasteiger partial charge in [0.15, 0.2) is 5.76 Å². The number of urea groups is 1. The summed E-state index contributed by atoms with van der Waals surface area (Å²) in [5.74, 6) is 1.70. The zero-order valence-corrected chi connectivity index (χ0v) is 13.9. The Bertz CT molecular complexity index is 671. The monoisotopic (exact) mass is 317 g/mol. The predicted octanol–water partition coefficient (Wildman–Crippen LogP) is 2.92. The minimum atomic E-state index is -0.0951. The lowest BCUT2D eigenvalue weighted by molar-refractivity contribution is 0.178. The Hall–Kier alpha value is -2.31. The van der Waals surface area contributed by atoms with Crippen molar-refractivity contribution in [2.24, 2.45) is 0 Å². The summed E-state index contributed by atoms with van der Waals surface area (Å²) in [5.41, 5.74) is 1.38. The van der Waals surface area contributed by atoms with E-state index in [1.807, 2.05) is 24.2 Å². The molecule has 7 heteroatoms. The molecular weight excluding hydrogens is 294 g/mol. The number of nitrogens with one attached hydrogen (secondary N) is 1. The normalized spacial score (nSPS) is 18.2. The number of imidazole rings is 1. The van der Waals surface area contributed by atoms with Gasteiger partial charge in [-0.2, -0.15) is 0 Å². The quantitative estimate of drug-likeness (QED) is 0.944. The first-order chi connectivity index (χ1) is 11.1. The van der Waals surface area contributed by atoms with E-state index in [1.165, 1.54) is 0 Å². The zero-order chi connectivity index (χ0) is 16.4. The SMILES string of the molecule is CCc1nccn1C1CCCN(C(=O)Nc2c(C)noc2C)C1. The second kappa shape index (κ2) is 6.44. The highest BCUT2D eigenvalue weighted by Crippen LogP contribution is 2.25. The van der Waals surface area contributed by atoms with Gasteiger partial charge in [-0.1, -0.05) is 12.1 Å². The third-order valence-corrected chi connectivity index (χ3v) is 4.41. The molecule has 0 radical (unpaired) electrons. The lowest BCUT2D eigenvalue weighted by atomic mass is 10.1. The molecular formula is C16H23N5O2. The van der Waals surface area contributed by atoms with Gasteiger partial charge in [-0.05, 0) is 26.7 Å². The van der Waals surface area contributed by atoms with Crippen LogP contribution in [0, 0.1) is 13.8 Å². The van der Waals surface area contributed by atoms with Crippen molar-refractivity contribution in [1.29, 1.82) is 0 Å². The Kier molecular flexibility index (Phi) is 4.36. The van der Waals surface area contributed by atoms with Crippen LogP contribution in [0.4, 0.5) is 10.5 Å². The van der Waals surface area contributed by atoms with Crippen LogP contribution >= 0.6 is 0 Å². The molecule has 124 valence electrons. The van der Waals surface area contributed by atoms with Crippen molar-refractivity contribution in [1.82, 2.24) is 19.6 Å². The van der Waals surface area contributed by atoms with Crippen molar-refractivity contribution in [2.75, 3.05) is 18.4 Å². The molecule has 1 atom stereocenters. The Morgan fingerprint density at radius 1 is 1.48 bits per heavy atom. The number of carbonyl (C=O) groups excluding carboxylic acids is 1. The largest absolute Gasteiger partial charge is 0.359 e. The molecule has 0 aliphatic carbocycles. The van der Waals surface area contributed by atoms with Crippen LogP contribution in [0.3, 0.4) is 0 Å². The van der Waals surface area contributed by atoms with E-state index in [2.05, 4.69) is 26.9 Å². The van der Waals surface area contributed by atoms with Gasteiger partial charge < -0.3 is 19.3 Å². The smallest absolute Gasteiger partial charge is 0.322 e. The van der Waals surface area contributed by atoms with Crippen LogP contribution in [-0.2, 0) is 6.42 Å². The number of aryl methyl sites for hydroxylation is 3. The van der Waals surface area contributed by atoms with Crippen LogP contribution in [0.5, 0.6) is 0 Å². The third kappa shape index (κ3) is 3.09. The molecule has 23 heavy (non-hydrogen) atoms. The number of carbonyl (C=O) groups is 1. The van der Waals surface area contributed by atoms with E-state index >= 15 is 0 Å². The summed E-state index contributed by atoms with van der Waals surface area (Å²) in [6, 6.07) is 0.193. The topological polar surface area (TPSA) is 76.2 Å². The fourth-order valence-corrected chi connectivity index (χ4v) is 3.16. The van der Waals surface area contributed by atoms with Gasteiger partial charge in [-0.3, -0.25) is 0 Å². The summed E-state index contributed by atoms with van der Waals surface area (Å²) < 4.78 is 7.30. The summed E-state index contributed by atoms with van der Waals surface area (Å²) in [6.07, 6.45) is 6.80. The molecule has 1 N–H and O–H groups in total. The van der Waals surface area contributed by atoms with Crippen molar-refractivity contribution in [2.45, 2.75) is 46.1 Å². The maximum Gasteiger partial charge on any atom is 0.322 e. The molecule has 1 unspecified atom stereocenters. The number of likely N-dealkylation sites (tertiary alicyclic amines) is 1. The molecule has 2 amide bonds. The highest BCUT2D eigenvalue weighted by atomic mass is 16.5. The maximum atomic E-state index is 12.6. The molecule has 1 saturated heterocycles. The van der Waals surface area contributed by atoms with Crippen LogP contribution in [0.15, 0.2) is 16.9 Å². The lowest BCUT2D eigenvalue weighted by Gasteiger charge is -2.34. The van der Waals surface area contributed by atoms with Gasteiger partial charge in [0.25, 0.3) is 0 Å². The van der Waals surface area contributed by atoms with Gasteiger partial charge in [0, 0.05) is 31.9 Å². The van der Waals surface area contributed by atoms with E-state index < -0.39 is 0 Å². The average Bonchev–Trinajstić information content (AvgIpc) is 3.16. The summed E-state index contributed by atoms with van der Waals surface area (Å²) in [7, 11) is 0. The first-order valence-electron chi connectivity index (χ1n) is 8.10. The van der Waals surface area contributed by atoms with Gasteiger partial charge in [-0.15, -0.1) is 0 Å². The van der Waals surface area contributed by atoms with Crippen LogP contribution in [0.1, 0.15) is 43.1 Å². The van der Waals surface area contributed by atoms with Gasteiger partial charge in [0.05, 0.1) is 6.04 Å². The molecule has 2 aromatic rings. The lowest BCUT2D eigenvalue weighted by Crippen LogP contribution is -2.43. The molecule has 0 bridgehead atoms. The number of amides is 2. The number of rotatable bonds is 3. The molecule has 3 rings (SSSR count). The second-order valence-electron chi connectivity index (χ2n) is 5.98. The Morgan fingerprint density at radius 3 is 3.00 bits per heavy atom. The van der Waals surface area contributed by atoms with E-state index in [4.69, 9.17) is 4.52 Å². The predicted molar refractivity (Wildman–Crippen MR) is 86.4 cm³/mol. The van der Waals surface area contributed by atoms with Crippen molar-refractivity contribution >= 4 is 11.7 Å². The van der Waals surface area contributed by atoms with Gasteiger partial charge in [0.1, 0.15) is 17.2 Å². The molecule has 0 saturated carbocycles. The number of nitrogens with zero attached hydrogens (tertiary/aromatic N) is 4. The van der Waals surface area contributed by atoms with Gasteiger partial charge in [0.2, 0.25) is 0 Å². The van der Waals surface area contributed by atoms with Crippen LogP contribution < -0.4 is 5.32 Å². The van der Waals surface area contributed by atoms with E-state index in [9.17, 15) is 4.79 Å². The summed E-state index contributed by atoms with van der Waals surface area (Å²) in [6.45, 7) is 7.18.